The summed E-state index contributed by atoms with van der Waals surface area (Å²) >= 11 is 7.28. The topological polar surface area (TPSA) is 98.1 Å². The number of allylic oxidation sites excluding steroid dienone is 1. The van der Waals surface area contributed by atoms with Gasteiger partial charge in [-0.05, 0) is 55.8 Å². The van der Waals surface area contributed by atoms with Crippen LogP contribution in [0, 0.1) is 6.92 Å². The number of thioether (sulfide) groups is 1. The third-order valence-electron chi connectivity index (χ3n) is 4.95. The molecule has 34 heavy (non-hydrogen) atoms. The van der Waals surface area contributed by atoms with Crippen molar-refractivity contribution in [2.45, 2.75) is 31.6 Å². The highest BCUT2D eigenvalue weighted by Gasteiger charge is 2.20. The second-order valence-corrected chi connectivity index (χ2v) is 8.84. The maximum absolute atomic E-state index is 12.6. The lowest BCUT2D eigenvalue weighted by atomic mass is 10.2. The van der Waals surface area contributed by atoms with E-state index in [2.05, 4.69) is 27.4 Å². The second kappa shape index (κ2) is 11.7. The van der Waals surface area contributed by atoms with Crippen molar-refractivity contribution >= 4 is 40.9 Å². The van der Waals surface area contributed by atoms with E-state index in [0.717, 1.165) is 5.56 Å². The fraction of sp³-hybridized carbons (Fsp3) is 0.250. The number of rotatable bonds is 10. The van der Waals surface area contributed by atoms with E-state index >= 15 is 0 Å². The summed E-state index contributed by atoms with van der Waals surface area (Å²) < 4.78 is 6.96. The van der Waals surface area contributed by atoms with Gasteiger partial charge in [-0.1, -0.05) is 35.5 Å². The molecule has 2 N–H and O–H groups in total. The largest absolute Gasteiger partial charge is 0.497 e. The molecule has 3 aromatic rings. The predicted molar refractivity (Wildman–Crippen MR) is 135 cm³/mol. The third-order valence-corrected chi connectivity index (χ3v) is 6.15. The molecular weight excluding hydrogens is 474 g/mol. The summed E-state index contributed by atoms with van der Waals surface area (Å²) in [6.45, 7) is 7.95. The van der Waals surface area contributed by atoms with Gasteiger partial charge in [0.1, 0.15) is 5.75 Å². The molecule has 0 fully saturated rings. The molecule has 3 rings (SSSR count). The number of hydrogen-bond donors (Lipinski definition) is 2. The highest BCUT2D eigenvalue weighted by Crippen LogP contribution is 2.23. The number of nitrogens with one attached hydrogen (secondary N) is 2. The molecule has 10 heteroatoms. The minimum absolute atomic E-state index is 0.133. The molecule has 2 amide bonds. The fourth-order valence-corrected chi connectivity index (χ4v) is 4.09. The van der Waals surface area contributed by atoms with Crippen molar-refractivity contribution in [3.05, 3.63) is 77.1 Å². The fourth-order valence-electron chi connectivity index (χ4n) is 3.16. The third kappa shape index (κ3) is 6.39. The highest BCUT2D eigenvalue weighted by molar-refractivity contribution is 7.99. The Labute approximate surface area is 207 Å². The SMILES string of the molecule is C=CCn1c(SCC(=O)Nc2cc(Cl)ccc2C)nnc1[C@@H](C)NC(=O)c1ccc(OC)cc1. The summed E-state index contributed by atoms with van der Waals surface area (Å²) in [6, 6.07) is 11.8. The van der Waals surface area contributed by atoms with Gasteiger partial charge in [-0.15, -0.1) is 16.8 Å². The average molecular weight is 500 g/mol. The number of aromatic nitrogens is 3. The van der Waals surface area contributed by atoms with Gasteiger partial charge in [0.25, 0.3) is 5.91 Å². The number of anilines is 1. The van der Waals surface area contributed by atoms with Crippen molar-refractivity contribution in [1.82, 2.24) is 20.1 Å². The average Bonchev–Trinajstić information content (AvgIpc) is 3.23. The smallest absolute Gasteiger partial charge is 0.251 e. The van der Waals surface area contributed by atoms with E-state index < -0.39 is 6.04 Å². The Morgan fingerprint density at radius 2 is 1.97 bits per heavy atom. The van der Waals surface area contributed by atoms with Crippen LogP contribution in [0.25, 0.3) is 0 Å². The summed E-state index contributed by atoms with van der Waals surface area (Å²) in [5, 5.41) is 15.4. The molecular formula is C24H26ClN5O3S. The molecule has 8 nitrogen and oxygen atoms in total. The van der Waals surface area contributed by atoms with Gasteiger partial charge in [-0.3, -0.25) is 9.59 Å². The molecule has 2 aromatic carbocycles. The van der Waals surface area contributed by atoms with E-state index in [4.69, 9.17) is 16.3 Å². The van der Waals surface area contributed by atoms with Crippen LogP contribution in [0.2, 0.25) is 5.02 Å². The van der Waals surface area contributed by atoms with Crippen molar-refractivity contribution in [2.75, 3.05) is 18.2 Å². The van der Waals surface area contributed by atoms with Crippen molar-refractivity contribution in [3.63, 3.8) is 0 Å². The Morgan fingerprint density at radius 1 is 1.24 bits per heavy atom. The quantitative estimate of drug-likeness (QED) is 0.311. The standard InChI is InChI=1S/C24H26ClN5O3S/c1-5-12-30-22(16(3)26-23(32)17-7-10-19(33-4)11-8-17)28-29-24(30)34-14-21(31)27-20-13-18(25)9-6-15(20)2/h5-11,13,16H,1,12,14H2,2-4H3,(H,26,32)(H,27,31)/t16-/m1/s1. The Balaban J connectivity index is 1.66. The summed E-state index contributed by atoms with van der Waals surface area (Å²) in [4.78, 5) is 25.1. The number of amides is 2. The molecule has 1 atom stereocenters. The van der Waals surface area contributed by atoms with Crippen molar-refractivity contribution in [3.8, 4) is 5.75 Å². The Kier molecular flexibility index (Phi) is 8.72. The van der Waals surface area contributed by atoms with Gasteiger partial charge in [0.2, 0.25) is 5.91 Å². The maximum atomic E-state index is 12.6. The number of aryl methyl sites for hydroxylation is 1. The molecule has 178 valence electrons. The number of benzene rings is 2. The minimum Gasteiger partial charge on any atom is -0.497 e. The molecule has 0 unspecified atom stereocenters. The van der Waals surface area contributed by atoms with Gasteiger partial charge in [0.15, 0.2) is 11.0 Å². The Hall–Kier alpha value is -3.30. The van der Waals surface area contributed by atoms with Crippen LogP contribution in [0.1, 0.15) is 34.7 Å². The van der Waals surface area contributed by atoms with E-state index in [-0.39, 0.29) is 17.6 Å². The number of ether oxygens (including phenoxy) is 1. The zero-order chi connectivity index (χ0) is 24.7. The molecule has 0 saturated carbocycles. The molecule has 1 heterocycles. The molecule has 0 aliphatic carbocycles. The van der Waals surface area contributed by atoms with Crippen molar-refractivity contribution in [2.24, 2.45) is 0 Å². The van der Waals surface area contributed by atoms with Gasteiger partial charge < -0.3 is 19.9 Å². The van der Waals surface area contributed by atoms with Crippen molar-refractivity contribution < 1.29 is 14.3 Å². The van der Waals surface area contributed by atoms with E-state index in [1.807, 2.05) is 24.5 Å². The van der Waals surface area contributed by atoms with Gasteiger partial charge in [-0.2, -0.15) is 0 Å². The van der Waals surface area contributed by atoms with Crippen LogP contribution >= 0.6 is 23.4 Å². The van der Waals surface area contributed by atoms with Crippen molar-refractivity contribution in [1.29, 1.82) is 0 Å². The first-order chi connectivity index (χ1) is 16.3. The zero-order valence-electron chi connectivity index (χ0n) is 19.2. The monoisotopic (exact) mass is 499 g/mol. The summed E-state index contributed by atoms with van der Waals surface area (Å²) in [5.41, 5.74) is 2.09. The summed E-state index contributed by atoms with van der Waals surface area (Å²) in [6.07, 6.45) is 1.71. The molecule has 0 spiro atoms. The van der Waals surface area contributed by atoms with Crippen LogP contribution in [0.3, 0.4) is 0 Å². The van der Waals surface area contributed by atoms with Gasteiger partial charge >= 0.3 is 0 Å². The normalized spacial score (nSPS) is 11.5. The van der Waals surface area contributed by atoms with Crippen LogP contribution < -0.4 is 15.4 Å². The molecule has 0 aliphatic heterocycles. The number of methoxy groups -OCH3 is 1. The van der Waals surface area contributed by atoms with Crippen LogP contribution in [-0.4, -0.2) is 39.4 Å². The lowest BCUT2D eigenvalue weighted by molar-refractivity contribution is -0.113. The molecule has 1 aromatic heterocycles. The molecule has 0 aliphatic rings. The molecule has 0 radical (unpaired) electrons. The number of nitrogens with zero attached hydrogens (tertiary/aromatic N) is 3. The minimum atomic E-state index is -0.417. The van der Waals surface area contributed by atoms with Crippen LogP contribution in [-0.2, 0) is 11.3 Å². The Morgan fingerprint density at radius 3 is 2.65 bits per heavy atom. The van der Waals surface area contributed by atoms with E-state index in [9.17, 15) is 9.59 Å². The summed E-state index contributed by atoms with van der Waals surface area (Å²) in [7, 11) is 1.57. The first-order valence-corrected chi connectivity index (χ1v) is 11.9. The first-order valence-electron chi connectivity index (χ1n) is 10.5. The van der Waals surface area contributed by atoms with Crippen LogP contribution in [0.4, 0.5) is 5.69 Å². The number of hydrogen-bond acceptors (Lipinski definition) is 6. The predicted octanol–water partition coefficient (Wildman–Crippen LogP) is 4.66. The lowest BCUT2D eigenvalue weighted by Crippen LogP contribution is -2.28. The van der Waals surface area contributed by atoms with Crippen LogP contribution in [0.15, 0.2) is 60.3 Å². The van der Waals surface area contributed by atoms with Gasteiger partial charge in [0.05, 0.1) is 18.9 Å². The highest BCUT2D eigenvalue weighted by atomic mass is 35.5. The van der Waals surface area contributed by atoms with Gasteiger partial charge in [-0.25, -0.2) is 0 Å². The number of carbonyl (C=O) groups excluding carboxylic acids is 2. The molecule has 0 bridgehead atoms. The van der Waals surface area contributed by atoms with Gasteiger partial charge in [0, 0.05) is 22.8 Å². The van der Waals surface area contributed by atoms with Crippen LogP contribution in [0.5, 0.6) is 5.75 Å². The Bertz CT molecular complexity index is 1180. The first kappa shape index (κ1) is 25.3. The maximum Gasteiger partial charge on any atom is 0.251 e. The lowest BCUT2D eigenvalue weighted by Gasteiger charge is -2.15. The van der Waals surface area contributed by atoms with E-state index in [1.165, 1.54) is 11.8 Å². The second-order valence-electron chi connectivity index (χ2n) is 7.46. The van der Waals surface area contributed by atoms with E-state index in [1.54, 1.807) is 49.6 Å². The number of carbonyl (C=O) groups is 2. The number of halogens is 1. The summed E-state index contributed by atoms with van der Waals surface area (Å²) in [5.74, 6) is 0.940. The van der Waals surface area contributed by atoms with E-state index in [0.29, 0.717) is 39.5 Å². The zero-order valence-corrected chi connectivity index (χ0v) is 20.7. The molecule has 0 saturated heterocycles.